The van der Waals surface area contributed by atoms with Crippen LogP contribution in [0.5, 0.6) is 0 Å². The maximum Gasteiger partial charge on any atom is 0.338 e. The molecule has 0 amide bonds. The van der Waals surface area contributed by atoms with Crippen molar-refractivity contribution in [2.24, 2.45) is 0 Å². The fraction of sp³-hybridized carbons (Fsp3) is 0.0909. The Morgan fingerprint density at radius 3 is 2.20 bits per heavy atom. The van der Waals surface area contributed by atoms with E-state index in [1.165, 1.54) is 18.2 Å². The van der Waals surface area contributed by atoms with Crippen LogP contribution in [0.25, 0.3) is 0 Å². The lowest BCUT2D eigenvalue weighted by molar-refractivity contribution is -0.384. The van der Waals surface area contributed by atoms with Crippen LogP contribution in [-0.4, -0.2) is 22.8 Å². The quantitative estimate of drug-likeness (QED) is 0.124. The Labute approximate surface area is 189 Å². The molecule has 3 rings (SSSR count). The Morgan fingerprint density at radius 2 is 1.57 bits per heavy atom. The Morgan fingerprint density at radius 1 is 0.900 bits per heavy atom. The molecule has 2 atom stereocenters. The Kier molecular flexibility index (Phi) is 7.12. The van der Waals surface area contributed by atoms with Gasteiger partial charge < -0.3 is 4.74 Å². The molecule has 0 N–H and O–H groups in total. The minimum absolute atomic E-state index is 0.123. The van der Waals surface area contributed by atoms with Crippen LogP contribution < -0.4 is 0 Å². The molecule has 0 fully saturated rings. The van der Waals surface area contributed by atoms with Crippen molar-refractivity contribution in [2.45, 2.75) is 10.9 Å². The molecule has 0 heterocycles. The Hall–Kier alpha value is -2.84. The van der Waals surface area contributed by atoms with E-state index in [4.69, 9.17) is 4.74 Å². The molecule has 0 aliphatic heterocycles. The van der Waals surface area contributed by atoms with E-state index in [1.807, 2.05) is 0 Å². The maximum atomic E-state index is 13.2. The summed E-state index contributed by atoms with van der Waals surface area (Å²) in [5.41, 5.74) is 0.966. The van der Waals surface area contributed by atoms with E-state index in [0.29, 0.717) is 11.1 Å². The molecule has 0 unspecified atom stereocenters. The highest BCUT2D eigenvalue weighted by atomic mass is 79.9. The summed E-state index contributed by atoms with van der Waals surface area (Å²) in [4.78, 5) is 35.7. The van der Waals surface area contributed by atoms with Gasteiger partial charge in [-0.05, 0) is 29.8 Å². The van der Waals surface area contributed by atoms with Gasteiger partial charge in [0.2, 0.25) is 5.78 Å². The number of rotatable bonds is 7. The molecule has 152 valence electrons. The lowest BCUT2D eigenvalue weighted by atomic mass is 9.99. The zero-order valence-electron chi connectivity index (χ0n) is 15.4. The minimum atomic E-state index is -1.23. The number of nitrogens with zero attached hydrogens (tertiary/aromatic N) is 1. The van der Waals surface area contributed by atoms with Crippen molar-refractivity contribution in [3.8, 4) is 0 Å². The highest BCUT2D eigenvalue weighted by Crippen LogP contribution is 2.33. The summed E-state index contributed by atoms with van der Waals surface area (Å²) in [5.74, 6) is -1.10. The second kappa shape index (κ2) is 9.77. The first-order valence-electron chi connectivity index (χ1n) is 8.81. The van der Waals surface area contributed by atoms with Crippen LogP contribution in [0.2, 0.25) is 0 Å². The van der Waals surface area contributed by atoms with Gasteiger partial charge in [0, 0.05) is 22.2 Å². The molecule has 0 saturated carbocycles. The van der Waals surface area contributed by atoms with Crippen molar-refractivity contribution in [1.29, 1.82) is 0 Å². The number of nitro benzene ring substituents is 1. The van der Waals surface area contributed by atoms with E-state index in [9.17, 15) is 19.7 Å². The van der Waals surface area contributed by atoms with Crippen molar-refractivity contribution in [2.75, 3.05) is 0 Å². The van der Waals surface area contributed by atoms with Gasteiger partial charge in [-0.15, -0.1) is 0 Å². The molecule has 0 spiro atoms. The van der Waals surface area contributed by atoms with Gasteiger partial charge in [-0.1, -0.05) is 74.3 Å². The van der Waals surface area contributed by atoms with Crippen LogP contribution >= 0.6 is 31.9 Å². The summed E-state index contributed by atoms with van der Waals surface area (Å²) < 4.78 is 6.39. The number of hydrogen-bond donors (Lipinski definition) is 0. The Bertz CT molecular complexity index is 1070. The predicted octanol–water partition coefficient (Wildman–Crippen LogP) is 5.90. The number of ether oxygens (including phenoxy) is 1. The summed E-state index contributed by atoms with van der Waals surface area (Å²) in [6.07, 6.45) is -1.23. The van der Waals surface area contributed by atoms with Crippen LogP contribution in [0, 0.1) is 10.1 Å². The van der Waals surface area contributed by atoms with Gasteiger partial charge >= 0.3 is 5.97 Å². The largest absolute Gasteiger partial charge is 0.449 e. The normalized spacial score (nSPS) is 12.6. The first-order valence-corrected chi connectivity index (χ1v) is 10.5. The molecule has 3 aromatic rings. The highest BCUT2D eigenvalue weighted by Gasteiger charge is 2.33. The average molecular weight is 533 g/mol. The topological polar surface area (TPSA) is 86.5 Å². The fourth-order valence-corrected chi connectivity index (χ4v) is 3.66. The smallest absolute Gasteiger partial charge is 0.338 e. The number of non-ortho nitro benzene ring substituents is 1. The van der Waals surface area contributed by atoms with Crippen molar-refractivity contribution < 1.29 is 19.2 Å². The van der Waals surface area contributed by atoms with Crippen LogP contribution in [0.3, 0.4) is 0 Å². The van der Waals surface area contributed by atoms with Crippen molar-refractivity contribution in [3.63, 3.8) is 0 Å². The SMILES string of the molecule is O=C(O[C@@H](C(=O)c1ccccc1)[C@H](Br)c1cccc([N+](=O)[O-])c1)c1ccc(Br)cc1. The number of ketones is 1. The summed E-state index contributed by atoms with van der Waals surface area (Å²) in [5, 5.41) is 11.1. The van der Waals surface area contributed by atoms with Gasteiger partial charge in [0.05, 0.1) is 15.3 Å². The molecule has 0 aliphatic rings. The number of nitro groups is 1. The van der Waals surface area contributed by atoms with E-state index in [1.54, 1.807) is 60.7 Å². The molecule has 0 aromatic heterocycles. The maximum absolute atomic E-state index is 13.2. The van der Waals surface area contributed by atoms with E-state index in [0.717, 1.165) is 4.47 Å². The second-order valence-corrected chi connectivity index (χ2v) is 8.22. The molecular formula is C22H15Br2NO5. The molecular weight excluding hydrogens is 518 g/mol. The third-order valence-electron chi connectivity index (χ3n) is 4.30. The fourth-order valence-electron chi connectivity index (χ4n) is 2.77. The summed E-state index contributed by atoms with van der Waals surface area (Å²) in [6, 6.07) is 20.8. The molecule has 8 heteroatoms. The molecule has 3 aromatic carbocycles. The monoisotopic (exact) mass is 531 g/mol. The zero-order chi connectivity index (χ0) is 21.7. The number of esters is 1. The van der Waals surface area contributed by atoms with Crippen molar-refractivity contribution >= 4 is 49.3 Å². The van der Waals surface area contributed by atoms with Crippen LogP contribution in [-0.2, 0) is 4.74 Å². The number of carbonyl (C=O) groups is 2. The van der Waals surface area contributed by atoms with E-state index >= 15 is 0 Å². The van der Waals surface area contributed by atoms with Gasteiger partial charge in [-0.25, -0.2) is 4.79 Å². The minimum Gasteiger partial charge on any atom is -0.449 e. The molecule has 30 heavy (non-hydrogen) atoms. The van der Waals surface area contributed by atoms with Gasteiger partial charge in [0.15, 0.2) is 6.10 Å². The molecule has 0 radical (unpaired) electrons. The lowest BCUT2D eigenvalue weighted by Crippen LogP contribution is -2.31. The summed E-state index contributed by atoms with van der Waals surface area (Å²) in [7, 11) is 0. The number of carbonyl (C=O) groups excluding carboxylic acids is 2. The van der Waals surface area contributed by atoms with Crippen molar-refractivity contribution in [1.82, 2.24) is 0 Å². The van der Waals surface area contributed by atoms with E-state index in [2.05, 4.69) is 31.9 Å². The number of hydrogen-bond acceptors (Lipinski definition) is 5. The van der Waals surface area contributed by atoms with E-state index in [-0.39, 0.29) is 11.3 Å². The second-order valence-electron chi connectivity index (χ2n) is 6.32. The standard InChI is InChI=1S/C22H15Br2NO5/c23-17-11-9-15(10-12-17)22(27)30-21(20(26)14-5-2-1-3-6-14)19(24)16-7-4-8-18(13-16)25(28)29/h1-13,19,21H/t19-,21-/m1/s1. The zero-order valence-corrected chi connectivity index (χ0v) is 18.6. The number of Topliss-reactive ketones (excluding diaryl/α,β-unsaturated/α-hetero) is 1. The van der Waals surface area contributed by atoms with Crippen molar-refractivity contribution in [3.05, 3.63) is 110 Å². The van der Waals surface area contributed by atoms with Gasteiger partial charge in [0.25, 0.3) is 5.69 Å². The van der Waals surface area contributed by atoms with Crippen LogP contribution in [0.4, 0.5) is 5.69 Å². The van der Waals surface area contributed by atoms with Crippen LogP contribution in [0.15, 0.2) is 83.3 Å². The lowest BCUT2D eigenvalue weighted by Gasteiger charge is -2.22. The number of halogens is 2. The van der Waals surface area contributed by atoms with E-state index < -0.39 is 27.6 Å². The molecule has 0 saturated heterocycles. The summed E-state index contributed by atoms with van der Waals surface area (Å²) in [6.45, 7) is 0. The molecule has 6 nitrogen and oxygen atoms in total. The van der Waals surface area contributed by atoms with Crippen LogP contribution in [0.1, 0.15) is 31.1 Å². The van der Waals surface area contributed by atoms with Gasteiger partial charge in [0.1, 0.15) is 0 Å². The average Bonchev–Trinajstić information content (AvgIpc) is 2.77. The number of benzene rings is 3. The first-order chi connectivity index (χ1) is 14.4. The summed E-state index contributed by atoms with van der Waals surface area (Å²) >= 11 is 6.72. The molecule has 0 aliphatic carbocycles. The Balaban J connectivity index is 1.95. The van der Waals surface area contributed by atoms with Gasteiger partial charge in [-0.2, -0.15) is 0 Å². The first kappa shape index (κ1) is 21.9. The number of alkyl halides is 1. The highest BCUT2D eigenvalue weighted by molar-refractivity contribution is 9.10. The molecule has 0 bridgehead atoms. The third kappa shape index (κ3) is 5.20. The predicted molar refractivity (Wildman–Crippen MR) is 119 cm³/mol. The van der Waals surface area contributed by atoms with Gasteiger partial charge in [-0.3, -0.25) is 14.9 Å². The third-order valence-corrected chi connectivity index (χ3v) is 5.83.